The van der Waals surface area contributed by atoms with Gasteiger partial charge in [-0.2, -0.15) is 0 Å². The molecule has 6 N–H and O–H groups in total. The van der Waals surface area contributed by atoms with Gasteiger partial charge in [0, 0.05) is 12.8 Å². The molecular formula is C44H75O13P. The highest BCUT2D eigenvalue weighted by molar-refractivity contribution is 7.47. The summed E-state index contributed by atoms with van der Waals surface area (Å²) in [7, 11) is -4.69. The van der Waals surface area contributed by atoms with Crippen LogP contribution in [0.3, 0.4) is 0 Å². The van der Waals surface area contributed by atoms with Gasteiger partial charge < -0.3 is 39.9 Å². The molecule has 58 heavy (non-hydrogen) atoms. The van der Waals surface area contributed by atoms with Gasteiger partial charge in [-0.15, -0.1) is 0 Å². The standard InChI is InChI=1S/C44H75O13P/c1-3-5-7-8-9-10-11-12-13-14-15-20-26-32-43(50)54-36-40(37-56-58(52,53)55-35-39(47)34-45)57-44(51)33-27-21-24-29-38(46)28-23-18-16-17-19-25-31-42(49)41(48)30-22-6-4-2/h6,16-19,21-25,28,31,38-42,45-49H,3-5,7-15,20,26-27,29-30,32-37H2,1-2H3,(H,52,53)/b18-16+,19-17-,22-6-,24-21+,28-23+,31-25+. The second-order valence-electron chi connectivity index (χ2n) is 14.2. The van der Waals surface area contributed by atoms with Crippen molar-refractivity contribution in [2.45, 2.75) is 166 Å². The molecule has 0 fully saturated rings. The summed E-state index contributed by atoms with van der Waals surface area (Å²) in [6, 6.07) is 0. The van der Waals surface area contributed by atoms with Crippen LogP contribution in [0.15, 0.2) is 72.9 Å². The molecule has 0 spiro atoms. The van der Waals surface area contributed by atoms with Crippen molar-refractivity contribution < 1.29 is 63.1 Å². The molecule has 0 rings (SSSR count). The van der Waals surface area contributed by atoms with Crippen LogP contribution in [0, 0.1) is 0 Å². The number of carbonyl (C=O) groups excluding carboxylic acids is 2. The van der Waals surface area contributed by atoms with E-state index >= 15 is 0 Å². The van der Waals surface area contributed by atoms with Crippen LogP contribution in [-0.2, 0) is 32.7 Å². The Kier molecular flexibility index (Phi) is 36.7. The predicted molar refractivity (Wildman–Crippen MR) is 228 cm³/mol. The van der Waals surface area contributed by atoms with Crippen molar-refractivity contribution in [3.63, 3.8) is 0 Å². The van der Waals surface area contributed by atoms with Crippen molar-refractivity contribution in [2.75, 3.05) is 26.4 Å². The molecule has 0 radical (unpaired) electrons. The summed E-state index contributed by atoms with van der Waals surface area (Å²) in [5, 5.41) is 48.3. The average molecular weight is 843 g/mol. The highest BCUT2D eigenvalue weighted by atomic mass is 31.2. The topological polar surface area (TPSA) is 210 Å². The van der Waals surface area contributed by atoms with Crippen LogP contribution >= 0.6 is 7.82 Å². The van der Waals surface area contributed by atoms with Crippen molar-refractivity contribution in [1.82, 2.24) is 0 Å². The van der Waals surface area contributed by atoms with Crippen molar-refractivity contribution in [3.05, 3.63) is 72.9 Å². The average Bonchev–Trinajstić information content (AvgIpc) is 3.20. The van der Waals surface area contributed by atoms with E-state index in [1.807, 2.05) is 19.1 Å². The molecule has 0 aromatic rings. The number of esters is 2. The fourth-order valence-electron chi connectivity index (χ4n) is 5.28. The fourth-order valence-corrected chi connectivity index (χ4v) is 6.07. The zero-order valence-corrected chi connectivity index (χ0v) is 36.0. The summed E-state index contributed by atoms with van der Waals surface area (Å²) in [6.07, 6.45) is 32.6. The van der Waals surface area contributed by atoms with Gasteiger partial charge in [-0.1, -0.05) is 164 Å². The van der Waals surface area contributed by atoms with Gasteiger partial charge in [-0.25, -0.2) is 4.57 Å². The minimum Gasteiger partial charge on any atom is -0.462 e. The van der Waals surface area contributed by atoms with E-state index in [-0.39, 0.29) is 19.3 Å². The molecule has 0 amide bonds. The molecule has 0 aliphatic rings. The normalized spacial score (nSPS) is 16.2. The van der Waals surface area contributed by atoms with Crippen LogP contribution < -0.4 is 0 Å². The first-order chi connectivity index (χ1) is 27.9. The van der Waals surface area contributed by atoms with Crippen LogP contribution in [-0.4, -0.2) is 99.3 Å². The third-order valence-corrected chi connectivity index (χ3v) is 9.66. The molecule has 13 nitrogen and oxygen atoms in total. The van der Waals surface area contributed by atoms with Gasteiger partial charge in [-0.05, 0) is 32.1 Å². The van der Waals surface area contributed by atoms with Crippen molar-refractivity contribution in [3.8, 4) is 0 Å². The maximum absolute atomic E-state index is 12.6. The van der Waals surface area contributed by atoms with Crippen LogP contribution in [0.2, 0.25) is 0 Å². The second-order valence-corrected chi connectivity index (χ2v) is 15.7. The summed E-state index contributed by atoms with van der Waals surface area (Å²) >= 11 is 0. The Morgan fingerprint density at radius 3 is 1.78 bits per heavy atom. The fraction of sp³-hybridized carbons (Fsp3) is 0.682. The van der Waals surface area contributed by atoms with Gasteiger partial charge in [0.05, 0.1) is 38.1 Å². The number of aliphatic hydroxyl groups excluding tert-OH is 5. The lowest BCUT2D eigenvalue weighted by atomic mass is 10.0. The van der Waals surface area contributed by atoms with E-state index in [1.54, 1.807) is 54.7 Å². The van der Waals surface area contributed by atoms with Gasteiger partial charge in [0.2, 0.25) is 0 Å². The first-order valence-corrected chi connectivity index (χ1v) is 22.7. The summed E-state index contributed by atoms with van der Waals surface area (Å²) in [5.74, 6) is -1.16. The van der Waals surface area contributed by atoms with Gasteiger partial charge >= 0.3 is 19.8 Å². The molecule has 0 saturated carbocycles. The van der Waals surface area contributed by atoms with E-state index in [9.17, 15) is 39.5 Å². The molecule has 6 unspecified atom stereocenters. The number of ether oxygens (including phenoxy) is 2. The molecular weight excluding hydrogens is 767 g/mol. The third kappa shape index (κ3) is 36.4. The first-order valence-electron chi connectivity index (χ1n) is 21.2. The Labute approximate surface area is 347 Å². The van der Waals surface area contributed by atoms with Gasteiger partial charge in [0.1, 0.15) is 12.7 Å². The lowest BCUT2D eigenvalue weighted by Gasteiger charge is -2.20. The van der Waals surface area contributed by atoms with E-state index in [1.165, 1.54) is 63.9 Å². The van der Waals surface area contributed by atoms with Gasteiger partial charge in [0.25, 0.3) is 0 Å². The molecule has 0 heterocycles. The number of hydrogen-bond donors (Lipinski definition) is 6. The summed E-state index contributed by atoms with van der Waals surface area (Å²) in [6.45, 7) is 1.84. The molecule has 0 saturated heterocycles. The Balaban J connectivity index is 4.65. The number of hydrogen-bond acceptors (Lipinski definition) is 12. The summed E-state index contributed by atoms with van der Waals surface area (Å²) in [4.78, 5) is 34.9. The molecule has 0 aromatic carbocycles. The van der Waals surface area contributed by atoms with E-state index in [4.69, 9.17) is 19.1 Å². The Morgan fingerprint density at radius 2 is 1.17 bits per heavy atom. The van der Waals surface area contributed by atoms with Crippen LogP contribution in [0.1, 0.15) is 136 Å². The summed E-state index contributed by atoms with van der Waals surface area (Å²) in [5.41, 5.74) is 0. The lowest BCUT2D eigenvalue weighted by molar-refractivity contribution is -0.161. The molecule has 6 atom stereocenters. The maximum atomic E-state index is 12.6. The highest BCUT2D eigenvalue weighted by Crippen LogP contribution is 2.43. The number of aliphatic hydroxyl groups is 5. The maximum Gasteiger partial charge on any atom is 0.472 e. The monoisotopic (exact) mass is 842 g/mol. The van der Waals surface area contributed by atoms with Crippen LogP contribution in [0.4, 0.5) is 0 Å². The van der Waals surface area contributed by atoms with E-state index in [2.05, 4.69) is 11.4 Å². The van der Waals surface area contributed by atoms with Gasteiger partial charge in [-0.3, -0.25) is 18.6 Å². The smallest absolute Gasteiger partial charge is 0.462 e. The molecule has 0 aromatic heterocycles. The Hall–Kier alpha value is -2.71. The predicted octanol–water partition coefficient (Wildman–Crippen LogP) is 7.80. The first kappa shape index (κ1) is 55.3. The number of unbranched alkanes of at least 4 members (excludes halogenated alkanes) is 12. The summed E-state index contributed by atoms with van der Waals surface area (Å²) < 4.78 is 32.5. The number of allylic oxidation sites excluding steroid dienone is 8. The highest BCUT2D eigenvalue weighted by Gasteiger charge is 2.27. The number of phosphoric ester groups is 1. The van der Waals surface area contributed by atoms with Crippen LogP contribution in [0.5, 0.6) is 0 Å². The largest absolute Gasteiger partial charge is 0.472 e. The Morgan fingerprint density at radius 1 is 0.621 bits per heavy atom. The number of carbonyl (C=O) groups is 2. The minimum atomic E-state index is -4.69. The van der Waals surface area contributed by atoms with Gasteiger partial charge in [0.15, 0.2) is 6.10 Å². The molecule has 0 aliphatic heterocycles. The molecule has 14 heteroatoms. The molecule has 334 valence electrons. The van der Waals surface area contributed by atoms with Crippen molar-refractivity contribution in [2.24, 2.45) is 0 Å². The van der Waals surface area contributed by atoms with E-state index < -0.39 is 76.7 Å². The second kappa shape index (κ2) is 38.5. The number of rotatable bonds is 38. The van der Waals surface area contributed by atoms with E-state index in [0.717, 1.165) is 25.7 Å². The SMILES string of the molecule is CC/C=C\CC(O)C(O)/C=C/C=C\C=C\C=C\C(O)C/C=C/CCC(=O)OC(COC(=O)CCCCCCCCCCCCCCC)COP(=O)(O)OCC(O)CO. The third-order valence-electron chi connectivity index (χ3n) is 8.71. The quantitative estimate of drug-likeness (QED) is 0.0115. The zero-order valence-electron chi connectivity index (χ0n) is 35.1. The van der Waals surface area contributed by atoms with Crippen LogP contribution in [0.25, 0.3) is 0 Å². The van der Waals surface area contributed by atoms with E-state index in [0.29, 0.717) is 19.3 Å². The zero-order chi connectivity index (χ0) is 43.1. The Bertz CT molecular complexity index is 1250. The van der Waals surface area contributed by atoms with Crippen molar-refractivity contribution in [1.29, 1.82) is 0 Å². The molecule has 0 aliphatic carbocycles. The molecule has 0 bridgehead atoms. The number of phosphoric acid groups is 1. The lowest BCUT2D eigenvalue weighted by Crippen LogP contribution is -2.29. The minimum absolute atomic E-state index is 0.0583. The van der Waals surface area contributed by atoms with Crippen molar-refractivity contribution >= 4 is 19.8 Å².